The van der Waals surface area contributed by atoms with Gasteiger partial charge in [-0.15, -0.1) is 0 Å². The predicted molar refractivity (Wildman–Crippen MR) is 180 cm³/mol. The summed E-state index contributed by atoms with van der Waals surface area (Å²) in [6.07, 6.45) is -1.02. The third-order valence-corrected chi connectivity index (χ3v) is 13.7. The number of aliphatic hydroxyl groups is 6. The van der Waals surface area contributed by atoms with E-state index in [2.05, 4.69) is 0 Å². The van der Waals surface area contributed by atoms with Crippen LogP contribution < -0.4 is 0 Å². The first-order valence-corrected chi connectivity index (χ1v) is 18.8. The number of carbonyl (C=O) groups excluding carboxylic acids is 1. The number of hydrogen-bond acceptors (Lipinski definition) is 12. The van der Waals surface area contributed by atoms with Crippen LogP contribution in [0.5, 0.6) is 0 Å². The van der Waals surface area contributed by atoms with Crippen LogP contribution in [0.25, 0.3) is 0 Å². The largest absolute Gasteiger partial charge is 0.454 e. The van der Waals surface area contributed by atoms with Crippen molar-refractivity contribution in [2.45, 2.75) is 130 Å². The molecule has 7 fully saturated rings. The Morgan fingerprint density at radius 3 is 2.25 bits per heavy atom. The number of aliphatic hydroxyl groups excluding tert-OH is 3. The Hall–Kier alpha value is -1.94. The fourth-order valence-corrected chi connectivity index (χ4v) is 10.9. The van der Waals surface area contributed by atoms with Crippen molar-refractivity contribution in [2.75, 3.05) is 13.2 Å². The molecule has 1 aromatic rings. The molecule has 0 amide bonds. The summed E-state index contributed by atoms with van der Waals surface area (Å²) in [6, 6.07) is 8.79. The highest BCUT2D eigenvalue weighted by molar-refractivity contribution is 6.26. The molecular weight excluding hydrogens is 684 g/mol. The smallest absolute Gasteiger partial charge is 0.313 e. The van der Waals surface area contributed by atoms with Crippen molar-refractivity contribution in [1.29, 1.82) is 0 Å². The maximum absolute atomic E-state index is 13.7. The molecule has 280 valence electrons. The van der Waals surface area contributed by atoms with E-state index in [0.29, 0.717) is 18.4 Å². The Labute approximate surface area is 301 Å². The second-order valence-corrected chi connectivity index (χ2v) is 16.5. The van der Waals surface area contributed by atoms with E-state index in [-0.39, 0.29) is 23.5 Å². The Bertz CT molecular complexity index is 1620. The van der Waals surface area contributed by atoms with Crippen molar-refractivity contribution in [3.05, 3.63) is 58.7 Å². The quantitative estimate of drug-likeness (QED) is 0.197. The molecule has 13 heteroatoms. The van der Waals surface area contributed by atoms with E-state index in [1.165, 1.54) is 5.54 Å². The predicted octanol–water partition coefficient (Wildman–Crippen LogP) is 2.30. The molecule has 5 heterocycles. The van der Waals surface area contributed by atoms with Crippen molar-refractivity contribution in [3.8, 4) is 0 Å². The first kappa shape index (κ1) is 36.1. The number of epoxide rings is 1. The van der Waals surface area contributed by atoms with Crippen LogP contribution in [0.1, 0.15) is 71.3 Å². The monoisotopic (exact) mass is 732 g/mol. The second kappa shape index (κ2) is 12.0. The number of rotatable bonds is 3. The SMILES string of the molecule is CC1CCCCCCC(C)C(=O)O[C@H]2/C(=C/Cl)C=C3[C@]2(O)[C@H](O)[C@@]2(CO)O[C@H]2[C@H]2[C@H]4OC5(c6ccccc6)O[C@@H]([C@@H](C)[C@]32O5)[C@]4(O)[C@@](O)(CO)C1. The molecule has 2 saturated carbocycles. The Kier molecular flexibility index (Phi) is 8.51. The lowest BCUT2D eigenvalue weighted by atomic mass is 9.50. The molecule has 51 heavy (non-hydrogen) atoms. The van der Waals surface area contributed by atoms with Gasteiger partial charge in [-0.05, 0) is 24.8 Å². The van der Waals surface area contributed by atoms with Gasteiger partial charge in [-0.2, -0.15) is 0 Å². The van der Waals surface area contributed by atoms with E-state index in [4.69, 9.17) is 35.3 Å². The molecule has 15 atom stereocenters. The molecule has 8 bridgehead atoms. The van der Waals surface area contributed by atoms with E-state index in [9.17, 15) is 35.4 Å². The van der Waals surface area contributed by atoms with Crippen LogP contribution in [-0.2, 0) is 34.5 Å². The summed E-state index contributed by atoms with van der Waals surface area (Å²) >= 11 is 6.42. The summed E-state index contributed by atoms with van der Waals surface area (Å²) < 4.78 is 32.9. The van der Waals surface area contributed by atoms with Crippen molar-refractivity contribution < 1.29 is 59.1 Å². The van der Waals surface area contributed by atoms with Gasteiger partial charge in [-0.25, -0.2) is 0 Å². The van der Waals surface area contributed by atoms with E-state index in [1.807, 2.05) is 6.92 Å². The number of carbonyl (C=O) groups is 1. The van der Waals surface area contributed by atoms with Gasteiger partial charge >= 0.3 is 11.9 Å². The molecule has 0 radical (unpaired) electrons. The maximum atomic E-state index is 13.7. The average molecular weight is 733 g/mol. The normalized spacial score (nSPS) is 52.8. The van der Waals surface area contributed by atoms with Crippen LogP contribution in [0.4, 0.5) is 0 Å². The highest BCUT2D eigenvalue weighted by atomic mass is 35.5. The Morgan fingerprint density at radius 2 is 1.59 bits per heavy atom. The Morgan fingerprint density at radius 1 is 0.902 bits per heavy atom. The molecule has 1 aromatic carbocycles. The van der Waals surface area contributed by atoms with Gasteiger partial charge in [0, 0.05) is 28.2 Å². The van der Waals surface area contributed by atoms with Crippen LogP contribution in [0.3, 0.4) is 0 Å². The van der Waals surface area contributed by atoms with Crippen molar-refractivity contribution >= 4 is 17.6 Å². The molecule has 3 unspecified atom stereocenters. The number of esters is 1. The van der Waals surface area contributed by atoms with Crippen molar-refractivity contribution in [3.63, 3.8) is 0 Å². The zero-order valence-electron chi connectivity index (χ0n) is 29.1. The van der Waals surface area contributed by atoms with Gasteiger partial charge in [0.2, 0.25) is 0 Å². The summed E-state index contributed by atoms with van der Waals surface area (Å²) in [5.41, 5.74) is -8.49. The van der Waals surface area contributed by atoms with Gasteiger partial charge in [0.1, 0.15) is 46.8 Å². The van der Waals surface area contributed by atoms with E-state index >= 15 is 0 Å². The standard InChI is InChI=1S/C38H49ClO12/c1-20-11-7-4-5-8-12-21(2)31(42)47-28-23(17-39)15-25-35(28,45)32(43)34(19-41)29(48-34)26-30-37(46,33(44,16-20)18-40)27-22(3)36(25,26)51-38(49-27,50-30)24-13-9-6-10-14-24/h6,9-10,13-15,17,20-22,26-30,32,40-41,43-46H,4-5,7-8,11-12,16,18-19H2,1-3H3/b23-17+/t20?,21?,22-,26+,27+,28+,29+,30-,32-,33+,34+,35-,36+,37-,38?/m1/s1. The van der Waals surface area contributed by atoms with E-state index in [1.54, 1.807) is 50.3 Å². The minimum atomic E-state index is -2.44. The molecule has 5 saturated heterocycles. The first-order chi connectivity index (χ1) is 24.2. The highest BCUT2D eigenvalue weighted by Crippen LogP contribution is 2.74. The average Bonchev–Trinajstić information content (AvgIpc) is 3.80. The number of hydrogen-bond donors (Lipinski definition) is 6. The summed E-state index contributed by atoms with van der Waals surface area (Å²) in [5, 5.41) is 73.3. The van der Waals surface area contributed by atoms with Gasteiger partial charge in [0.15, 0.2) is 11.7 Å². The lowest BCUT2D eigenvalue weighted by molar-refractivity contribution is -0.584. The van der Waals surface area contributed by atoms with Crippen LogP contribution in [0, 0.1) is 23.7 Å². The number of benzene rings is 1. The van der Waals surface area contributed by atoms with Crippen molar-refractivity contribution in [1.82, 2.24) is 0 Å². The van der Waals surface area contributed by atoms with E-state index < -0.39 is 101 Å². The number of ether oxygens (including phenoxy) is 5. The minimum absolute atomic E-state index is 0.0118. The van der Waals surface area contributed by atoms with Gasteiger partial charge < -0.3 is 54.3 Å². The lowest BCUT2D eigenvalue weighted by Crippen LogP contribution is -2.89. The molecule has 3 aliphatic carbocycles. The molecule has 0 aromatic heterocycles. The number of fused-ring (bicyclic) bond motifs is 1. The summed E-state index contributed by atoms with van der Waals surface area (Å²) in [7, 11) is 0. The third kappa shape index (κ3) is 4.53. The minimum Gasteiger partial charge on any atom is -0.454 e. The van der Waals surface area contributed by atoms with Crippen LogP contribution >= 0.6 is 11.6 Å². The number of halogens is 1. The van der Waals surface area contributed by atoms with Crippen LogP contribution in [-0.4, -0.2) is 108 Å². The maximum Gasteiger partial charge on any atom is 0.313 e. The molecular formula is C38H49ClO12. The fraction of sp³-hybridized carbons (Fsp3) is 0.711. The molecule has 12 nitrogen and oxygen atoms in total. The molecule has 8 aliphatic rings. The zero-order valence-corrected chi connectivity index (χ0v) is 29.9. The van der Waals surface area contributed by atoms with Gasteiger partial charge in [-0.1, -0.05) is 94.8 Å². The summed E-state index contributed by atoms with van der Waals surface area (Å²) in [6.45, 7) is 3.89. The van der Waals surface area contributed by atoms with Crippen molar-refractivity contribution in [2.24, 2.45) is 23.7 Å². The van der Waals surface area contributed by atoms with Gasteiger partial charge in [0.25, 0.3) is 0 Å². The third-order valence-electron chi connectivity index (χ3n) is 13.4. The topological polar surface area (TPSA) is 188 Å². The summed E-state index contributed by atoms with van der Waals surface area (Å²) in [5.74, 6) is -5.26. The zero-order chi connectivity index (χ0) is 36.4. The fourth-order valence-electron chi connectivity index (χ4n) is 10.7. The second-order valence-electron chi connectivity index (χ2n) is 16.3. The van der Waals surface area contributed by atoms with E-state index in [0.717, 1.165) is 25.7 Å². The van der Waals surface area contributed by atoms with Crippen LogP contribution in [0.15, 0.2) is 53.1 Å². The molecule has 9 rings (SSSR count). The molecule has 5 aliphatic heterocycles. The molecule has 1 spiro atoms. The van der Waals surface area contributed by atoms with Crippen LogP contribution in [0.2, 0.25) is 0 Å². The van der Waals surface area contributed by atoms with Gasteiger partial charge in [0.05, 0.1) is 25.0 Å². The lowest BCUT2D eigenvalue weighted by Gasteiger charge is -2.73. The van der Waals surface area contributed by atoms with Gasteiger partial charge in [-0.3, -0.25) is 4.79 Å². The highest BCUT2D eigenvalue weighted by Gasteiger charge is 2.90. The molecule has 6 N–H and O–H groups in total. The first-order valence-electron chi connectivity index (χ1n) is 18.3. The Balaban J connectivity index is 1.39. The summed E-state index contributed by atoms with van der Waals surface area (Å²) in [4.78, 5) is 13.7.